The summed E-state index contributed by atoms with van der Waals surface area (Å²) >= 11 is 6.18. The van der Waals surface area contributed by atoms with E-state index in [-0.39, 0.29) is 24.0 Å². The van der Waals surface area contributed by atoms with Crippen LogP contribution in [0.4, 0.5) is 0 Å². The number of ether oxygens (including phenoxy) is 1. The van der Waals surface area contributed by atoms with Gasteiger partial charge in [0.15, 0.2) is 0 Å². The molecule has 0 saturated carbocycles. The lowest BCUT2D eigenvalue weighted by Gasteiger charge is -2.41. The number of hydrogen-bond donors (Lipinski definition) is 1. The van der Waals surface area contributed by atoms with Gasteiger partial charge >= 0.3 is 0 Å². The van der Waals surface area contributed by atoms with E-state index in [9.17, 15) is 4.79 Å². The summed E-state index contributed by atoms with van der Waals surface area (Å²) in [5.74, 6) is 0.858. The number of para-hydroxylation sites is 1. The Kier molecular flexibility index (Phi) is 5.33. The lowest BCUT2D eigenvalue weighted by molar-refractivity contribution is -0.121. The maximum absolute atomic E-state index is 12.6. The second kappa shape index (κ2) is 7.49. The van der Waals surface area contributed by atoms with E-state index in [0.717, 1.165) is 36.1 Å². The number of carbonyl (C=O) groups excluding carboxylic acids is 1. The number of hydrogen-bond acceptors (Lipinski definition) is 2. The highest BCUT2D eigenvalue weighted by molar-refractivity contribution is 6.31. The van der Waals surface area contributed by atoms with E-state index in [1.807, 2.05) is 48.5 Å². The van der Waals surface area contributed by atoms with Crippen molar-refractivity contribution in [1.29, 1.82) is 0 Å². The summed E-state index contributed by atoms with van der Waals surface area (Å²) < 4.78 is 6.29. The molecule has 0 fully saturated rings. The lowest BCUT2D eigenvalue weighted by Crippen LogP contribution is -2.44. The predicted molar refractivity (Wildman–Crippen MR) is 101 cm³/mol. The maximum atomic E-state index is 12.6. The smallest absolute Gasteiger partial charge is 0.224 e. The number of rotatable bonds is 5. The van der Waals surface area contributed by atoms with Gasteiger partial charge in [0.05, 0.1) is 12.5 Å². The third-order valence-electron chi connectivity index (χ3n) is 5.13. The molecule has 1 heterocycles. The van der Waals surface area contributed by atoms with E-state index in [1.165, 1.54) is 0 Å². The van der Waals surface area contributed by atoms with Gasteiger partial charge in [-0.05, 0) is 30.5 Å². The standard InChI is InChI=1S/C21H24ClNO2/c1-3-21(4-2)14-18(16-10-6-8-12-19(16)25-21)23-20(24)13-15-9-5-7-11-17(15)22/h5-12,18H,3-4,13-14H2,1-2H3,(H,23,24)/t18-/m0/s1. The molecule has 25 heavy (non-hydrogen) atoms. The molecule has 132 valence electrons. The van der Waals surface area contributed by atoms with Crippen LogP contribution in [0.5, 0.6) is 5.75 Å². The molecule has 1 aliphatic heterocycles. The van der Waals surface area contributed by atoms with Crippen LogP contribution in [-0.4, -0.2) is 11.5 Å². The van der Waals surface area contributed by atoms with Crippen LogP contribution in [0.1, 0.15) is 50.3 Å². The van der Waals surface area contributed by atoms with Crippen molar-refractivity contribution in [1.82, 2.24) is 5.32 Å². The number of nitrogens with one attached hydrogen (secondary N) is 1. The molecule has 2 aromatic rings. The summed E-state index contributed by atoms with van der Waals surface area (Å²) in [4.78, 5) is 12.6. The molecule has 1 atom stereocenters. The minimum absolute atomic E-state index is 0.0177. The fraction of sp³-hybridized carbons (Fsp3) is 0.381. The second-order valence-corrected chi connectivity index (χ2v) is 7.03. The molecule has 3 nitrogen and oxygen atoms in total. The zero-order valence-corrected chi connectivity index (χ0v) is 15.5. The SMILES string of the molecule is CCC1(CC)C[C@H](NC(=O)Cc2ccccc2Cl)c2ccccc2O1. The second-order valence-electron chi connectivity index (χ2n) is 6.62. The quantitative estimate of drug-likeness (QED) is 0.810. The highest BCUT2D eigenvalue weighted by Crippen LogP contribution is 2.42. The monoisotopic (exact) mass is 357 g/mol. The van der Waals surface area contributed by atoms with Gasteiger partial charge in [-0.25, -0.2) is 0 Å². The molecule has 0 unspecified atom stereocenters. The van der Waals surface area contributed by atoms with Gasteiger partial charge in [0.2, 0.25) is 5.91 Å². The number of benzene rings is 2. The molecular formula is C21H24ClNO2. The molecule has 0 aromatic heterocycles. The first-order valence-electron chi connectivity index (χ1n) is 8.87. The van der Waals surface area contributed by atoms with Crippen LogP contribution < -0.4 is 10.1 Å². The first-order chi connectivity index (χ1) is 12.1. The van der Waals surface area contributed by atoms with Crippen molar-refractivity contribution in [3.05, 3.63) is 64.7 Å². The highest BCUT2D eigenvalue weighted by atomic mass is 35.5. The molecule has 1 N–H and O–H groups in total. The number of fused-ring (bicyclic) bond motifs is 1. The topological polar surface area (TPSA) is 38.3 Å². The average molecular weight is 358 g/mol. The number of carbonyl (C=O) groups is 1. The van der Waals surface area contributed by atoms with Crippen molar-refractivity contribution >= 4 is 17.5 Å². The van der Waals surface area contributed by atoms with E-state index in [1.54, 1.807) is 0 Å². The Morgan fingerprint density at radius 3 is 2.56 bits per heavy atom. The van der Waals surface area contributed by atoms with Gasteiger partial charge in [-0.2, -0.15) is 0 Å². The van der Waals surface area contributed by atoms with Crippen LogP contribution in [0.25, 0.3) is 0 Å². The minimum Gasteiger partial charge on any atom is -0.487 e. The van der Waals surface area contributed by atoms with Crippen molar-refractivity contribution < 1.29 is 9.53 Å². The van der Waals surface area contributed by atoms with Crippen molar-refractivity contribution in [2.45, 2.75) is 51.2 Å². The lowest BCUT2D eigenvalue weighted by atomic mass is 9.83. The van der Waals surface area contributed by atoms with E-state index in [4.69, 9.17) is 16.3 Å². The number of halogens is 1. The van der Waals surface area contributed by atoms with Gasteiger partial charge in [0, 0.05) is 17.0 Å². The van der Waals surface area contributed by atoms with Gasteiger partial charge in [0.1, 0.15) is 11.4 Å². The normalized spacial score (nSPS) is 18.1. The van der Waals surface area contributed by atoms with Crippen LogP contribution in [0.2, 0.25) is 5.02 Å². The molecule has 1 aliphatic rings. The van der Waals surface area contributed by atoms with E-state index < -0.39 is 0 Å². The maximum Gasteiger partial charge on any atom is 0.224 e. The third-order valence-corrected chi connectivity index (χ3v) is 5.50. The third kappa shape index (κ3) is 3.82. The molecular weight excluding hydrogens is 334 g/mol. The van der Waals surface area contributed by atoms with Crippen LogP contribution in [0, 0.1) is 0 Å². The first kappa shape index (κ1) is 17.8. The Bertz CT molecular complexity index is 755. The Morgan fingerprint density at radius 1 is 1.16 bits per heavy atom. The van der Waals surface area contributed by atoms with Crippen LogP contribution in [0.3, 0.4) is 0 Å². The van der Waals surface area contributed by atoms with Gasteiger partial charge in [-0.15, -0.1) is 0 Å². The van der Waals surface area contributed by atoms with E-state index >= 15 is 0 Å². The summed E-state index contributed by atoms with van der Waals surface area (Å²) in [7, 11) is 0. The zero-order chi connectivity index (χ0) is 17.9. The summed E-state index contributed by atoms with van der Waals surface area (Å²) in [6.07, 6.45) is 2.89. The van der Waals surface area contributed by atoms with Crippen LogP contribution in [0.15, 0.2) is 48.5 Å². The minimum atomic E-state index is -0.226. The van der Waals surface area contributed by atoms with Gasteiger partial charge < -0.3 is 10.1 Å². The molecule has 4 heteroatoms. The highest BCUT2D eigenvalue weighted by Gasteiger charge is 2.38. The molecule has 0 bridgehead atoms. The molecule has 3 rings (SSSR count). The fourth-order valence-corrected chi connectivity index (χ4v) is 3.69. The first-order valence-corrected chi connectivity index (χ1v) is 9.25. The van der Waals surface area contributed by atoms with Crippen molar-refractivity contribution in [2.24, 2.45) is 0 Å². The summed E-state index contributed by atoms with van der Waals surface area (Å²) in [5, 5.41) is 3.82. The summed E-state index contributed by atoms with van der Waals surface area (Å²) in [5.41, 5.74) is 1.67. The van der Waals surface area contributed by atoms with E-state index in [2.05, 4.69) is 19.2 Å². The average Bonchev–Trinajstić information content (AvgIpc) is 2.63. The Balaban J connectivity index is 1.81. The molecule has 0 aliphatic carbocycles. The fourth-order valence-electron chi connectivity index (χ4n) is 3.49. The van der Waals surface area contributed by atoms with Crippen molar-refractivity contribution in [3.63, 3.8) is 0 Å². The Morgan fingerprint density at radius 2 is 1.84 bits per heavy atom. The van der Waals surface area contributed by atoms with Gasteiger partial charge in [-0.3, -0.25) is 4.79 Å². The molecule has 0 saturated heterocycles. The molecule has 0 radical (unpaired) electrons. The number of amides is 1. The van der Waals surface area contributed by atoms with Crippen LogP contribution >= 0.6 is 11.6 Å². The summed E-state index contributed by atoms with van der Waals surface area (Å²) in [6, 6.07) is 15.4. The van der Waals surface area contributed by atoms with Gasteiger partial charge in [0.25, 0.3) is 0 Å². The molecule has 2 aromatic carbocycles. The largest absolute Gasteiger partial charge is 0.487 e. The van der Waals surface area contributed by atoms with Crippen molar-refractivity contribution in [3.8, 4) is 5.75 Å². The predicted octanol–water partition coefficient (Wildman–Crippen LogP) is 5.08. The summed E-state index contributed by atoms with van der Waals surface area (Å²) in [6.45, 7) is 4.28. The molecule has 1 amide bonds. The zero-order valence-electron chi connectivity index (χ0n) is 14.7. The Labute approximate surface area is 154 Å². The Hall–Kier alpha value is -2.00. The van der Waals surface area contributed by atoms with E-state index in [0.29, 0.717) is 5.02 Å². The molecule has 0 spiro atoms. The van der Waals surface area contributed by atoms with Crippen molar-refractivity contribution in [2.75, 3.05) is 0 Å². The van der Waals surface area contributed by atoms with Crippen LogP contribution in [-0.2, 0) is 11.2 Å². The van der Waals surface area contributed by atoms with Gasteiger partial charge in [-0.1, -0.05) is 61.8 Å².